The molecule has 0 unspecified atom stereocenters. The first-order valence-corrected chi connectivity index (χ1v) is 5.61. The Kier molecular flexibility index (Phi) is 4.16. The molecule has 0 aliphatic heterocycles. The lowest BCUT2D eigenvalue weighted by Gasteiger charge is -2.06. The second-order valence-electron chi connectivity index (χ2n) is 3.73. The summed E-state index contributed by atoms with van der Waals surface area (Å²) in [6.45, 7) is 3.49. The van der Waals surface area contributed by atoms with E-state index in [1.54, 1.807) is 11.3 Å². The third kappa shape index (κ3) is 4.66. The maximum absolute atomic E-state index is 11.8. The van der Waals surface area contributed by atoms with Crippen molar-refractivity contribution >= 4 is 11.3 Å². The van der Waals surface area contributed by atoms with Gasteiger partial charge in [-0.25, -0.2) is 0 Å². The van der Waals surface area contributed by atoms with E-state index in [4.69, 9.17) is 0 Å². The van der Waals surface area contributed by atoms with Crippen LogP contribution in [0.1, 0.15) is 30.2 Å². The molecule has 1 rings (SSSR count). The van der Waals surface area contributed by atoms with Gasteiger partial charge in [0.15, 0.2) is 0 Å². The molecule has 1 aromatic heterocycles. The molecule has 1 heterocycles. The van der Waals surface area contributed by atoms with Crippen LogP contribution in [-0.4, -0.2) is 12.7 Å². The molecule has 5 heteroatoms. The predicted molar refractivity (Wildman–Crippen MR) is 56.2 cm³/mol. The number of hydrogen-bond acceptors (Lipinski definition) is 2. The van der Waals surface area contributed by atoms with Crippen molar-refractivity contribution in [1.82, 2.24) is 5.32 Å². The Labute approximate surface area is 91.3 Å². The van der Waals surface area contributed by atoms with Gasteiger partial charge in [0.1, 0.15) is 0 Å². The number of halogens is 3. The minimum Gasteiger partial charge on any atom is -0.305 e. The summed E-state index contributed by atoms with van der Waals surface area (Å²) >= 11 is 1.59. The van der Waals surface area contributed by atoms with Crippen LogP contribution < -0.4 is 5.32 Å². The molecular weight excluding hydrogens is 223 g/mol. The van der Waals surface area contributed by atoms with Crippen molar-refractivity contribution in [2.75, 3.05) is 6.54 Å². The molecule has 0 bridgehead atoms. The van der Waals surface area contributed by atoms with Gasteiger partial charge >= 0.3 is 6.18 Å². The molecule has 0 saturated carbocycles. The zero-order chi connectivity index (χ0) is 11.5. The molecule has 0 saturated heterocycles. The fraction of sp³-hybridized carbons (Fsp3) is 0.600. The highest BCUT2D eigenvalue weighted by atomic mass is 32.1. The summed E-state index contributed by atoms with van der Waals surface area (Å²) < 4.78 is 35.5. The summed E-state index contributed by atoms with van der Waals surface area (Å²) in [7, 11) is 0. The molecule has 0 amide bonds. The van der Waals surface area contributed by atoms with Gasteiger partial charge in [-0.05, 0) is 22.9 Å². The summed E-state index contributed by atoms with van der Waals surface area (Å²) in [6.07, 6.45) is -4.13. The van der Waals surface area contributed by atoms with Gasteiger partial charge in [0, 0.05) is 11.4 Å². The van der Waals surface area contributed by atoms with Crippen molar-refractivity contribution in [3.05, 3.63) is 21.9 Å². The van der Waals surface area contributed by atoms with Gasteiger partial charge in [-0.3, -0.25) is 0 Å². The topological polar surface area (TPSA) is 12.0 Å². The molecule has 15 heavy (non-hydrogen) atoms. The normalized spacial score (nSPS) is 12.4. The predicted octanol–water partition coefficient (Wildman–Crippen LogP) is 3.52. The van der Waals surface area contributed by atoms with Crippen LogP contribution >= 0.6 is 11.3 Å². The van der Waals surface area contributed by atoms with Crippen LogP contribution in [0, 0.1) is 0 Å². The summed E-state index contributed by atoms with van der Waals surface area (Å²) in [6, 6.07) is 1.96. The van der Waals surface area contributed by atoms with E-state index in [0.29, 0.717) is 5.92 Å². The molecule has 1 N–H and O–H groups in total. The van der Waals surface area contributed by atoms with Gasteiger partial charge in [0.2, 0.25) is 0 Å². The quantitative estimate of drug-likeness (QED) is 0.844. The third-order valence-electron chi connectivity index (χ3n) is 1.90. The van der Waals surface area contributed by atoms with Gasteiger partial charge in [0.25, 0.3) is 0 Å². The second-order valence-corrected chi connectivity index (χ2v) is 4.67. The van der Waals surface area contributed by atoms with Gasteiger partial charge in [-0.1, -0.05) is 13.8 Å². The molecule has 0 radical (unpaired) electrons. The lowest BCUT2D eigenvalue weighted by Crippen LogP contribution is -2.28. The van der Waals surface area contributed by atoms with Crippen molar-refractivity contribution in [3.8, 4) is 0 Å². The highest BCUT2D eigenvalue weighted by Crippen LogP contribution is 2.23. The van der Waals surface area contributed by atoms with Crippen LogP contribution in [-0.2, 0) is 6.54 Å². The molecule has 0 aliphatic rings. The zero-order valence-corrected chi connectivity index (χ0v) is 9.50. The number of hydrogen-bond donors (Lipinski definition) is 1. The van der Waals surface area contributed by atoms with E-state index >= 15 is 0 Å². The maximum atomic E-state index is 11.8. The van der Waals surface area contributed by atoms with Crippen LogP contribution in [0.15, 0.2) is 11.4 Å². The first kappa shape index (κ1) is 12.5. The van der Waals surface area contributed by atoms with Crippen LogP contribution in [0.25, 0.3) is 0 Å². The van der Waals surface area contributed by atoms with Crippen LogP contribution in [0.3, 0.4) is 0 Å². The van der Waals surface area contributed by atoms with E-state index in [2.05, 4.69) is 19.2 Å². The third-order valence-corrected chi connectivity index (χ3v) is 3.18. The Balaban J connectivity index is 2.38. The summed E-state index contributed by atoms with van der Waals surface area (Å²) in [4.78, 5) is 1.21. The van der Waals surface area contributed by atoms with Crippen molar-refractivity contribution in [1.29, 1.82) is 0 Å². The average Bonchev–Trinajstić information content (AvgIpc) is 2.50. The van der Waals surface area contributed by atoms with Gasteiger partial charge < -0.3 is 5.32 Å². The highest BCUT2D eigenvalue weighted by molar-refractivity contribution is 7.10. The monoisotopic (exact) mass is 237 g/mol. The van der Waals surface area contributed by atoms with Crippen LogP contribution in [0.4, 0.5) is 13.2 Å². The molecule has 0 fully saturated rings. The Morgan fingerprint density at radius 2 is 2.07 bits per heavy atom. The highest BCUT2D eigenvalue weighted by Gasteiger charge is 2.26. The average molecular weight is 237 g/mol. The van der Waals surface area contributed by atoms with Crippen molar-refractivity contribution < 1.29 is 13.2 Å². The van der Waals surface area contributed by atoms with E-state index in [9.17, 15) is 13.2 Å². The molecule has 1 nitrogen and oxygen atoms in total. The Morgan fingerprint density at radius 3 is 2.53 bits per heavy atom. The summed E-state index contributed by atoms with van der Waals surface area (Å²) in [5, 5.41) is 4.28. The van der Waals surface area contributed by atoms with Crippen LogP contribution in [0.2, 0.25) is 0 Å². The first-order chi connectivity index (χ1) is 6.88. The number of nitrogens with one attached hydrogen (secondary N) is 1. The number of alkyl halides is 3. The van der Waals surface area contributed by atoms with E-state index in [1.165, 1.54) is 4.88 Å². The number of rotatable bonds is 4. The van der Waals surface area contributed by atoms with Gasteiger partial charge in [-0.2, -0.15) is 13.2 Å². The smallest absolute Gasteiger partial charge is 0.305 e. The minimum atomic E-state index is -4.13. The Bertz CT molecular complexity index is 304. The van der Waals surface area contributed by atoms with E-state index in [1.807, 2.05) is 11.4 Å². The van der Waals surface area contributed by atoms with E-state index < -0.39 is 12.7 Å². The van der Waals surface area contributed by atoms with Crippen molar-refractivity contribution in [2.24, 2.45) is 0 Å². The molecule has 0 aliphatic carbocycles. The van der Waals surface area contributed by atoms with E-state index in [-0.39, 0.29) is 6.54 Å². The fourth-order valence-corrected chi connectivity index (χ4v) is 2.07. The standard InChI is InChI=1S/C10H14F3NS/c1-7(2)9-3-8(5-15-9)4-14-6-10(11,12)13/h3,5,7,14H,4,6H2,1-2H3. The Hall–Kier alpha value is -0.550. The van der Waals surface area contributed by atoms with Crippen molar-refractivity contribution in [3.63, 3.8) is 0 Å². The molecular formula is C10H14F3NS. The largest absolute Gasteiger partial charge is 0.401 e. The molecule has 0 aromatic carbocycles. The van der Waals surface area contributed by atoms with Crippen molar-refractivity contribution in [2.45, 2.75) is 32.5 Å². The lowest BCUT2D eigenvalue weighted by atomic mass is 10.1. The lowest BCUT2D eigenvalue weighted by molar-refractivity contribution is -0.125. The first-order valence-electron chi connectivity index (χ1n) is 4.73. The number of thiophene rings is 1. The molecule has 1 aromatic rings. The SMILES string of the molecule is CC(C)c1cc(CNCC(F)(F)F)cs1. The van der Waals surface area contributed by atoms with Crippen LogP contribution in [0.5, 0.6) is 0 Å². The molecule has 86 valence electrons. The molecule has 0 spiro atoms. The van der Waals surface area contributed by atoms with E-state index in [0.717, 1.165) is 5.56 Å². The van der Waals surface area contributed by atoms with Gasteiger partial charge in [-0.15, -0.1) is 11.3 Å². The minimum absolute atomic E-state index is 0.280. The second kappa shape index (κ2) is 4.99. The zero-order valence-electron chi connectivity index (χ0n) is 8.69. The molecule has 0 atom stereocenters. The Morgan fingerprint density at radius 1 is 1.40 bits per heavy atom. The summed E-state index contributed by atoms with van der Waals surface area (Å²) in [5.74, 6) is 0.436. The summed E-state index contributed by atoms with van der Waals surface area (Å²) in [5.41, 5.74) is 0.924. The maximum Gasteiger partial charge on any atom is 0.401 e. The van der Waals surface area contributed by atoms with Gasteiger partial charge in [0.05, 0.1) is 6.54 Å². The fourth-order valence-electron chi connectivity index (χ4n) is 1.14.